The summed E-state index contributed by atoms with van der Waals surface area (Å²) in [5, 5.41) is 4.11. The highest BCUT2D eigenvalue weighted by molar-refractivity contribution is 7.88. The minimum Gasteiger partial charge on any atom is -0.268 e. The van der Waals surface area contributed by atoms with Gasteiger partial charge in [-0.05, 0) is 35.4 Å². The molecule has 1 aromatic carbocycles. The molecule has 0 radical (unpaired) electrons. The van der Waals surface area contributed by atoms with Crippen molar-refractivity contribution in [2.75, 3.05) is 0 Å². The number of aryl methyl sites for hydroxylation is 1. The number of sulfonamides is 1. The van der Waals surface area contributed by atoms with Gasteiger partial charge in [-0.3, -0.25) is 9.67 Å². The van der Waals surface area contributed by atoms with Crippen molar-refractivity contribution in [1.82, 2.24) is 19.5 Å². The molecular weight excluding hydrogens is 343 g/mol. The maximum Gasteiger partial charge on any atom is 0.216 e. The number of pyridine rings is 1. The van der Waals surface area contributed by atoms with Gasteiger partial charge >= 0.3 is 0 Å². The van der Waals surface area contributed by atoms with Crippen LogP contribution in [0.4, 0.5) is 4.39 Å². The lowest BCUT2D eigenvalue weighted by Crippen LogP contribution is -2.24. The summed E-state index contributed by atoms with van der Waals surface area (Å²) >= 11 is 0. The van der Waals surface area contributed by atoms with Crippen LogP contribution in [0.3, 0.4) is 0 Å². The Labute approximate surface area is 145 Å². The highest BCUT2D eigenvalue weighted by Gasteiger charge is 2.12. The summed E-state index contributed by atoms with van der Waals surface area (Å²) in [6, 6.07) is 9.26. The predicted molar refractivity (Wildman–Crippen MR) is 92.3 cm³/mol. The van der Waals surface area contributed by atoms with Crippen molar-refractivity contribution < 1.29 is 12.8 Å². The van der Waals surface area contributed by atoms with Crippen LogP contribution in [0.2, 0.25) is 0 Å². The summed E-state index contributed by atoms with van der Waals surface area (Å²) in [6.07, 6.45) is 4.98. The van der Waals surface area contributed by atoms with Crippen LogP contribution in [0.25, 0.3) is 11.3 Å². The number of hydrogen-bond acceptors (Lipinski definition) is 4. The van der Waals surface area contributed by atoms with E-state index in [-0.39, 0.29) is 12.3 Å². The Bertz CT molecular complexity index is 986. The molecule has 25 heavy (non-hydrogen) atoms. The maximum atomic E-state index is 13.2. The molecule has 0 aliphatic carbocycles. The molecule has 0 saturated carbocycles. The fourth-order valence-electron chi connectivity index (χ4n) is 2.47. The summed E-state index contributed by atoms with van der Waals surface area (Å²) in [5.41, 5.74) is 2.86. The van der Waals surface area contributed by atoms with Gasteiger partial charge < -0.3 is 0 Å². The van der Waals surface area contributed by atoms with Gasteiger partial charge in [0.15, 0.2) is 0 Å². The van der Waals surface area contributed by atoms with Gasteiger partial charge in [0.1, 0.15) is 5.82 Å². The van der Waals surface area contributed by atoms with E-state index in [1.54, 1.807) is 29.3 Å². The Balaban J connectivity index is 1.70. The van der Waals surface area contributed by atoms with E-state index >= 15 is 0 Å². The van der Waals surface area contributed by atoms with Crippen LogP contribution in [0.15, 0.2) is 55.0 Å². The van der Waals surface area contributed by atoms with Crippen LogP contribution in [0.5, 0.6) is 0 Å². The Kier molecular flexibility index (Phi) is 4.91. The zero-order valence-corrected chi connectivity index (χ0v) is 14.4. The Morgan fingerprint density at radius 2 is 2.00 bits per heavy atom. The van der Waals surface area contributed by atoms with Crippen molar-refractivity contribution in [3.8, 4) is 11.3 Å². The second kappa shape index (κ2) is 7.12. The van der Waals surface area contributed by atoms with E-state index in [0.717, 1.165) is 16.8 Å². The van der Waals surface area contributed by atoms with Crippen molar-refractivity contribution in [3.05, 3.63) is 71.9 Å². The standard InChI is InChI=1S/C17H17FN4O2S/c1-22-17(5-6-20-22)15-7-14(9-19-11-15)10-21-25(23,24)12-13-3-2-4-16(18)8-13/h2-9,11,21H,10,12H2,1H3. The zero-order chi connectivity index (χ0) is 17.9. The Hall–Kier alpha value is -2.58. The highest BCUT2D eigenvalue weighted by Crippen LogP contribution is 2.18. The normalized spacial score (nSPS) is 11.6. The molecule has 130 valence electrons. The minimum absolute atomic E-state index is 0.107. The van der Waals surface area contributed by atoms with Gasteiger partial charge in [-0.15, -0.1) is 0 Å². The summed E-state index contributed by atoms with van der Waals surface area (Å²) < 4.78 is 41.8. The third-order valence-electron chi connectivity index (χ3n) is 3.65. The SMILES string of the molecule is Cn1nccc1-c1cncc(CNS(=O)(=O)Cc2cccc(F)c2)c1. The number of halogens is 1. The summed E-state index contributed by atoms with van der Waals surface area (Å²) in [4.78, 5) is 4.15. The molecule has 8 heteroatoms. The van der Waals surface area contributed by atoms with Gasteiger partial charge in [-0.25, -0.2) is 17.5 Å². The number of aromatic nitrogens is 3. The largest absolute Gasteiger partial charge is 0.268 e. The first-order valence-electron chi connectivity index (χ1n) is 7.57. The molecule has 0 aliphatic heterocycles. The summed E-state index contributed by atoms with van der Waals surface area (Å²) in [6.45, 7) is 0.107. The van der Waals surface area contributed by atoms with E-state index in [1.807, 2.05) is 19.2 Å². The average molecular weight is 360 g/mol. The molecule has 0 spiro atoms. The molecular formula is C17H17FN4O2S. The molecule has 2 aromatic heterocycles. The molecule has 0 saturated heterocycles. The lowest BCUT2D eigenvalue weighted by atomic mass is 10.1. The van der Waals surface area contributed by atoms with E-state index in [1.165, 1.54) is 18.2 Å². The fraction of sp³-hybridized carbons (Fsp3) is 0.176. The topological polar surface area (TPSA) is 76.9 Å². The first kappa shape index (κ1) is 17.2. The van der Waals surface area contributed by atoms with E-state index < -0.39 is 15.8 Å². The van der Waals surface area contributed by atoms with Crippen molar-refractivity contribution >= 4 is 10.0 Å². The molecule has 0 atom stereocenters. The van der Waals surface area contributed by atoms with Crippen molar-refractivity contribution in [3.63, 3.8) is 0 Å². The van der Waals surface area contributed by atoms with Crippen molar-refractivity contribution in [2.24, 2.45) is 7.05 Å². The lowest BCUT2D eigenvalue weighted by molar-refractivity contribution is 0.580. The van der Waals surface area contributed by atoms with Gasteiger partial charge in [-0.1, -0.05) is 12.1 Å². The van der Waals surface area contributed by atoms with Crippen LogP contribution in [-0.4, -0.2) is 23.2 Å². The molecule has 2 heterocycles. The number of nitrogens with zero attached hydrogens (tertiary/aromatic N) is 3. The van der Waals surface area contributed by atoms with Gasteiger partial charge in [0.2, 0.25) is 10.0 Å². The highest BCUT2D eigenvalue weighted by atomic mass is 32.2. The molecule has 0 bridgehead atoms. The number of nitrogens with one attached hydrogen (secondary N) is 1. The van der Waals surface area contributed by atoms with Gasteiger partial charge in [0, 0.05) is 37.7 Å². The number of rotatable bonds is 6. The van der Waals surface area contributed by atoms with E-state index in [9.17, 15) is 12.8 Å². The van der Waals surface area contributed by atoms with E-state index in [2.05, 4.69) is 14.8 Å². The van der Waals surface area contributed by atoms with Crippen LogP contribution < -0.4 is 4.72 Å². The molecule has 0 amide bonds. The van der Waals surface area contributed by atoms with Crippen LogP contribution in [0, 0.1) is 5.82 Å². The van der Waals surface area contributed by atoms with Gasteiger partial charge in [0.25, 0.3) is 0 Å². The van der Waals surface area contributed by atoms with Crippen LogP contribution in [0.1, 0.15) is 11.1 Å². The maximum absolute atomic E-state index is 13.2. The quantitative estimate of drug-likeness (QED) is 0.731. The molecule has 1 N–H and O–H groups in total. The first-order chi connectivity index (χ1) is 11.9. The molecule has 6 nitrogen and oxygen atoms in total. The molecule has 0 aliphatic rings. The lowest BCUT2D eigenvalue weighted by Gasteiger charge is -2.08. The Morgan fingerprint density at radius 1 is 1.16 bits per heavy atom. The number of benzene rings is 1. The van der Waals surface area contributed by atoms with E-state index in [0.29, 0.717) is 5.56 Å². The predicted octanol–water partition coefficient (Wildman–Crippen LogP) is 2.24. The van der Waals surface area contributed by atoms with Gasteiger partial charge in [0.05, 0.1) is 11.4 Å². The molecule has 0 fully saturated rings. The van der Waals surface area contributed by atoms with Gasteiger partial charge in [-0.2, -0.15) is 5.10 Å². The van der Waals surface area contributed by atoms with Crippen molar-refractivity contribution in [1.29, 1.82) is 0 Å². The number of hydrogen-bond donors (Lipinski definition) is 1. The van der Waals surface area contributed by atoms with Crippen LogP contribution >= 0.6 is 0 Å². The average Bonchev–Trinajstić information content (AvgIpc) is 2.99. The second-order valence-electron chi connectivity index (χ2n) is 5.63. The third-order valence-corrected chi connectivity index (χ3v) is 4.95. The summed E-state index contributed by atoms with van der Waals surface area (Å²) in [7, 11) is -1.76. The second-order valence-corrected chi connectivity index (χ2v) is 7.44. The molecule has 3 aromatic rings. The smallest absolute Gasteiger partial charge is 0.216 e. The fourth-order valence-corrected chi connectivity index (χ4v) is 3.58. The zero-order valence-electron chi connectivity index (χ0n) is 13.6. The minimum atomic E-state index is -3.59. The van der Waals surface area contributed by atoms with Crippen LogP contribution in [-0.2, 0) is 29.4 Å². The van der Waals surface area contributed by atoms with Crippen molar-refractivity contribution in [2.45, 2.75) is 12.3 Å². The monoisotopic (exact) mass is 360 g/mol. The third kappa shape index (κ3) is 4.49. The molecule has 3 rings (SSSR count). The Morgan fingerprint density at radius 3 is 2.72 bits per heavy atom. The summed E-state index contributed by atoms with van der Waals surface area (Å²) in [5.74, 6) is -0.736. The van der Waals surface area contributed by atoms with E-state index in [4.69, 9.17) is 0 Å². The first-order valence-corrected chi connectivity index (χ1v) is 9.22. The molecule has 0 unspecified atom stereocenters.